The second kappa shape index (κ2) is 7.93. The number of aromatic nitrogens is 3. The molecule has 4 heterocycles. The van der Waals surface area contributed by atoms with Gasteiger partial charge in [0.05, 0.1) is 18.9 Å². The van der Waals surface area contributed by atoms with Gasteiger partial charge in [0.1, 0.15) is 23.8 Å². The van der Waals surface area contributed by atoms with Gasteiger partial charge in [-0.1, -0.05) is 12.1 Å². The number of fused-ring (bicyclic) bond motifs is 1. The Bertz CT molecular complexity index is 1100. The van der Waals surface area contributed by atoms with E-state index in [9.17, 15) is 0 Å². The Balaban J connectivity index is 1.31. The third kappa shape index (κ3) is 3.79. The number of H-pyrrole nitrogens is 1. The number of benzene rings is 1. The van der Waals surface area contributed by atoms with Crippen molar-refractivity contribution in [1.82, 2.24) is 15.0 Å². The zero-order valence-electron chi connectivity index (χ0n) is 16.0. The Hall–Kier alpha value is -3.38. The Morgan fingerprint density at radius 1 is 1.00 bits per heavy atom. The quantitative estimate of drug-likeness (QED) is 0.561. The number of pyridine rings is 2. The Morgan fingerprint density at radius 3 is 2.72 bits per heavy atom. The van der Waals surface area contributed by atoms with E-state index in [-0.39, 0.29) is 0 Å². The fraction of sp³-hybridized carbons (Fsp3) is 0.217. The maximum Gasteiger partial charge on any atom is 0.137 e. The highest BCUT2D eigenvalue weighted by atomic mass is 16.5. The van der Waals surface area contributed by atoms with Crippen LogP contribution in [-0.4, -0.2) is 41.3 Å². The molecule has 0 aliphatic carbocycles. The summed E-state index contributed by atoms with van der Waals surface area (Å²) in [4.78, 5) is 14.6. The van der Waals surface area contributed by atoms with Crippen LogP contribution in [0.4, 0.5) is 5.82 Å². The first-order valence-electron chi connectivity index (χ1n) is 9.81. The summed E-state index contributed by atoms with van der Waals surface area (Å²) in [5.74, 6) is 1.83. The summed E-state index contributed by atoms with van der Waals surface area (Å²) in [6.45, 7) is 3.64. The van der Waals surface area contributed by atoms with Gasteiger partial charge in [-0.25, -0.2) is 9.97 Å². The molecular weight excluding hydrogens is 364 g/mol. The summed E-state index contributed by atoms with van der Waals surface area (Å²) < 4.78 is 11.4. The van der Waals surface area contributed by atoms with Gasteiger partial charge in [-0.05, 0) is 48.0 Å². The average molecular weight is 386 g/mol. The maximum absolute atomic E-state index is 5.94. The summed E-state index contributed by atoms with van der Waals surface area (Å²) in [7, 11) is 0. The predicted octanol–water partition coefficient (Wildman–Crippen LogP) is 4.04. The highest BCUT2D eigenvalue weighted by Gasteiger charge is 2.16. The number of aromatic amines is 1. The van der Waals surface area contributed by atoms with E-state index in [4.69, 9.17) is 9.47 Å². The van der Waals surface area contributed by atoms with Crippen molar-refractivity contribution in [1.29, 1.82) is 0 Å². The molecule has 0 saturated carbocycles. The number of morpholine rings is 1. The van der Waals surface area contributed by atoms with Crippen LogP contribution in [0.5, 0.6) is 5.75 Å². The first-order chi connectivity index (χ1) is 14.4. The molecule has 1 saturated heterocycles. The van der Waals surface area contributed by atoms with Gasteiger partial charge in [-0.2, -0.15) is 0 Å². The van der Waals surface area contributed by atoms with Crippen molar-refractivity contribution in [3.05, 3.63) is 72.7 Å². The second-order valence-electron chi connectivity index (χ2n) is 7.01. The fourth-order valence-electron chi connectivity index (χ4n) is 3.59. The summed E-state index contributed by atoms with van der Waals surface area (Å²) >= 11 is 0. The molecule has 5 rings (SSSR count). The smallest absolute Gasteiger partial charge is 0.137 e. The zero-order chi connectivity index (χ0) is 19.5. The first-order valence-corrected chi connectivity index (χ1v) is 9.81. The van der Waals surface area contributed by atoms with Crippen molar-refractivity contribution in [2.24, 2.45) is 0 Å². The van der Waals surface area contributed by atoms with Crippen LogP contribution in [0, 0.1) is 0 Å². The molecule has 1 fully saturated rings. The van der Waals surface area contributed by atoms with Crippen molar-refractivity contribution in [3.8, 4) is 16.9 Å². The summed E-state index contributed by atoms with van der Waals surface area (Å²) in [6, 6.07) is 18.3. The van der Waals surface area contributed by atoms with Crippen molar-refractivity contribution < 1.29 is 9.47 Å². The van der Waals surface area contributed by atoms with Crippen LogP contribution in [0.15, 0.2) is 67.0 Å². The van der Waals surface area contributed by atoms with Crippen molar-refractivity contribution in [3.63, 3.8) is 0 Å². The Labute approximate surface area is 169 Å². The monoisotopic (exact) mass is 386 g/mol. The number of nitrogens with one attached hydrogen (secondary N) is 1. The Kier molecular flexibility index (Phi) is 4.84. The number of hydrogen-bond donors (Lipinski definition) is 1. The van der Waals surface area contributed by atoms with E-state index in [0.29, 0.717) is 6.61 Å². The van der Waals surface area contributed by atoms with E-state index < -0.39 is 0 Å². The van der Waals surface area contributed by atoms with Crippen LogP contribution >= 0.6 is 0 Å². The van der Waals surface area contributed by atoms with Crippen LogP contribution in [0.2, 0.25) is 0 Å². The molecule has 0 unspecified atom stereocenters. The molecular formula is C23H22N4O2. The van der Waals surface area contributed by atoms with Gasteiger partial charge in [-0.15, -0.1) is 0 Å². The average Bonchev–Trinajstić information content (AvgIpc) is 3.27. The van der Waals surface area contributed by atoms with Crippen molar-refractivity contribution >= 4 is 16.9 Å². The van der Waals surface area contributed by atoms with Gasteiger partial charge in [0.15, 0.2) is 0 Å². The molecule has 1 aromatic carbocycles. The molecule has 146 valence electrons. The lowest BCUT2D eigenvalue weighted by Gasteiger charge is -2.29. The molecule has 6 nitrogen and oxygen atoms in total. The molecule has 1 N–H and O–H groups in total. The molecule has 0 spiro atoms. The highest BCUT2D eigenvalue weighted by molar-refractivity contribution is 5.76. The van der Waals surface area contributed by atoms with E-state index in [2.05, 4.69) is 44.1 Å². The van der Waals surface area contributed by atoms with Gasteiger partial charge in [0, 0.05) is 36.4 Å². The SMILES string of the molecule is c1cnc(N2CCOCC2)c(-c2ccc(OCc3ccc4cc[nH]c4n3)cc2)c1. The number of ether oxygens (including phenoxy) is 2. The molecule has 0 atom stereocenters. The standard InChI is InChI=1S/C23H22N4O2/c1-2-21(23(25-10-1)27-12-14-28-15-13-27)17-4-7-20(8-5-17)29-16-19-6-3-18-9-11-24-22(18)26-19/h1-11H,12-16H2,(H,24,26). The summed E-state index contributed by atoms with van der Waals surface area (Å²) in [5, 5.41) is 1.10. The molecule has 1 aliphatic rings. The van der Waals surface area contributed by atoms with Crippen LogP contribution < -0.4 is 9.64 Å². The topological polar surface area (TPSA) is 63.3 Å². The molecule has 0 radical (unpaired) electrons. The van der Waals surface area contributed by atoms with Crippen molar-refractivity contribution in [2.45, 2.75) is 6.61 Å². The minimum atomic E-state index is 0.431. The third-order valence-corrected chi connectivity index (χ3v) is 5.12. The maximum atomic E-state index is 5.94. The molecule has 6 heteroatoms. The zero-order valence-corrected chi connectivity index (χ0v) is 16.0. The van der Waals surface area contributed by atoms with Crippen LogP contribution in [0.1, 0.15) is 5.69 Å². The van der Waals surface area contributed by atoms with Crippen molar-refractivity contribution in [2.75, 3.05) is 31.2 Å². The molecule has 29 heavy (non-hydrogen) atoms. The van der Waals surface area contributed by atoms with Gasteiger partial charge in [0.2, 0.25) is 0 Å². The van der Waals surface area contributed by atoms with E-state index in [1.165, 1.54) is 0 Å². The second-order valence-corrected chi connectivity index (χ2v) is 7.01. The lowest BCUT2D eigenvalue weighted by molar-refractivity contribution is 0.122. The van der Waals surface area contributed by atoms with E-state index in [1.807, 2.05) is 42.7 Å². The normalized spacial score (nSPS) is 14.3. The molecule has 1 aliphatic heterocycles. The number of nitrogens with zero attached hydrogens (tertiary/aromatic N) is 3. The highest BCUT2D eigenvalue weighted by Crippen LogP contribution is 2.30. The number of hydrogen-bond acceptors (Lipinski definition) is 5. The molecule has 0 bridgehead atoms. The van der Waals surface area contributed by atoms with Crippen LogP contribution in [0.25, 0.3) is 22.2 Å². The summed E-state index contributed by atoms with van der Waals surface area (Å²) in [5.41, 5.74) is 4.03. The van der Waals surface area contributed by atoms with Gasteiger partial charge >= 0.3 is 0 Å². The lowest BCUT2D eigenvalue weighted by Crippen LogP contribution is -2.37. The van der Waals surface area contributed by atoms with Gasteiger partial charge in [-0.3, -0.25) is 0 Å². The largest absolute Gasteiger partial charge is 0.487 e. The minimum absolute atomic E-state index is 0.431. The van der Waals surface area contributed by atoms with E-state index in [0.717, 1.165) is 65.7 Å². The molecule has 0 amide bonds. The predicted molar refractivity (Wildman–Crippen MR) is 113 cm³/mol. The van der Waals surface area contributed by atoms with Gasteiger partial charge in [0.25, 0.3) is 0 Å². The fourth-order valence-corrected chi connectivity index (χ4v) is 3.59. The lowest BCUT2D eigenvalue weighted by atomic mass is 10.1. The minimum Gasteiger partial charge on any atom is -0.487 e. The summed E-state index contributed by atoms with van der Waals surface area (Å²) in [6.07, 6.45) is 3.74. The van der Waals surface area contributed by atoms with Crippen LogP contribution in [-0.2, 0) is 11.3 Å². The molecule has 4 aromatic rings. The van der Waals surface area contributed by atoms with Crippen LogP contribution in [0.3, 0.4) is 0 Å². The van der Waals surface area contributed by atoms with E-state index >= 15 is 0 Å². The number of rotatable bonds is 5. The van der Waals surface area contributed by atoms with E-state index in [1.54, 1.807) is 0 Å². The molecule has 3 aromatic heterocycles. The van der Waals surface area contributed by atoms with Gasteiger partial charge < -0.3 is 19.4 Å². The Morgan fingerprint density at radius 2 is 1.86 bits per heavy atom. The first kappa shape index (κ1) is 17.7. The number of anilines is 1. The third-order valence-electron chi connectivity index (χ3n) is 5.12.